The highest BCUT2D eigenvalue weighted by Gasteiger charge is 2.52. The van der Waals surface area contributed by atoms with Gasteiger partial charge in [-0.2, -0.15) is 8.78 Å². The molecule has 1 unspecified atom stereocenters. The molecule has 0 amide bonds. The van der Waals surface area contributed by atoms with Gasteiger partial charge in [-0.3, -0.25) is 4.21 Å². The number of alkyl halides is 2. The first-order valence-corrected chi connectivity index (χ1v) is 8.03. The lowest BCUT2D eigenvalue weighted by molar-refractivity contribution is -0.171. The maximum atomic E-state index is 13.0. The van der Waals surface area contributed by atoms with Gasteiger partial charge in [0, 0.05) is 16.5 Å². The lowest BCUT2D eigenvalue weighted by atomic mass is 9.50. The molecule has 8 heteroatoms. The summed E-state index contributed by atoms with van der Waals surface area (Å²) in [6.07, 6.45) is 6.35. The van der Waals surface area contributed by atoms with Gasteiger partial charge in [-0.1, -0.05) is 0 Å². The van der Waals surface area contributed by atoms with Gasteiger partial charge in [-0.25, -0.2) is 4.79 Å². The van der Waals surface area contributed by atoms with E-state index in [4.69, 9.17) is 0 Å². The zero-order valence-corrected chi connectivity index (χ0v) is 12.8. The van der Waals surface area contributed by atoms with E-state index in [0.717, 1.165) is 19.3 Å². The minimum atomic E-state index is -4.44. The van der Waals surface area contributed by atoms with Crippen LogP contribution in [0.15, 0.2) is 0 Å². The zero-order valence-electron chi connectivity index (χ0n) is 12.0. The van der Waals surface area contributed by atoms with Crippen LogP contribution in [0.4, 0.5) is 8.78 Å². The quantitative estimate of drug-likeness (QED) is 0.633. The summed E-state index contributed by atoms with van der Waals surface area (Å²) in [5.74, 6) is -0.0844. The van der Waals surface area contributed by atoms with Gasteiger partial charge in [-0.05, 0) is 56.3 Å². The van der Waals surface area contributed by atoms with Gasteiger partial charge in [0.05, 0.1) is 6.61 Å². The average Bonchev–Trinajstić information content (AvgIpc) is 2.34. The Morgan fingerprint density at radius 2 is 1.62 bits per heavy atom. The molecule has 0 aliphatic heterocycles. The van der Waals surface area contributed by atoms with Crippen LogP contribution in [-0.4, -0.2) is 26.6 Å². The summed E-state index contributed by atoms with van der Waals surface area (Å²) >= 11 is -3.78. The van der Waals surface area contributed by atoms with Crippen LogP contribution in [0.5, 0.6) is 0 Å². The molecule has 4 N–H and O–H groups in total. The van der Waals surface area contributed by atoms with E-state index in [9.17, 15) is 22.3 Å². The minimum absolute atomic E-state index is 0. The Kier molecular flexibility index (Phi) is 4.43. The first-order chi connectivity index (χ1) is 9.31. The topological polar surface area (TPSA) is 103 Å². The molecule has 0 radical (unpaired) electrons. The highest BCUT2D eigenvalue weighted by atomic mass is 32.2. The fourth-order valence-electron chi connectivity index (χ4n) is 4.84. The smallest absolute Gasteiger partial charge is 0.403 e. The van der Waals surface area contributed by atoms with Gasteiger partial charge < -0.3 is 15.4 Å². The van der Waals surface area contributed by atoms with Crippen LogP contribution in [0, 0.1) is 23.2 Å². The van der Waals surface area contributed by atoms with E-state index in [-0.39, 0.29) is 18.2 Å². The maximum Gasteiger partial charge on any atom is 0.403 e. The van der Waals surface area contributed by atoms with E-state index < -0.39 is 22.3 Å². The molecule has 0 aromatic carbocycles. The van der Waals surface area contributed by atoms with Crippen molar-refractivity contribution in [3.8, 4) is 0 Å². The Balaban J connectivity index is 0.00000161. The van der Waals surface area contributed by atoms with Crippen molar-refractivity contribution in [2.75, 3.05) is 6.61 Å². The van der Waals surface area contributed by atoms with E-state index in [1.54, 1.807) is 0 Å². The van der Waals surface area contributed by atoms with Crippen molar-refractivity contribution >= 4 is 17.0 Å². The van der Waals surface area contributed by atoms with Crippen molar-refractivity contribution < 1.29 is 27.1 Å². The molecule has 122 valence electrons. The molecule has 4 saturated carbocycles. The molecule has 0 aromatic heterocycles. The highest BCUT2D eigenvalue weighted by Crippen LogP contribution is 2.60. The second kappa shape index (κ2) is 5.55. The second-order valence-electron chi connectivity index (χ2n) is 6.75. The number of carbonyl (C=O) groups is 1. The summed E-state index contributed by atoms with van der Waals surface area (Å²) in [4.78, 5) is 11.2. The van der Waals surface area contributed by atoms with Crippen molar-refractivity contribution in [2.45, 2.75) is 43.8 Å². The summed E-state index contributed by atoms with van der Waals surface area (Å²) in [6, 6.07) is 0. The number of halogens is 2. The molecule has 4 fully saturated rings. The molecule has 4 aliphatic rings. The van der Waals surface area contributed by atoms with Gasteiger partial charge in [0.25, 0.3) is 0 Å². The largest absolute Gasteiger partial charge is 0.767 e. The Labute approximate surface area is 124 Å². The van der Waals surface area contributed by atoms with Gasteiger partial charge in [-0.15, -0.1) is 0 Å². The van der Waals surface area contributed by atoms with Crippen LogP contribution in [0.2, 0.25) is 0 Å². The van der Waals surface area contributed by atoms with Crippen LogP contribution < -0.4 is 6.15 Å². The molecular formula is C13H21F2NO4S. The fraction of sp³-hybridized carbons (Fsp3) is 0.923. The summed E-state index contributed by atoms with van der Waals surface area (Å²) in [5, 5.41) is -4.44. The van der Waals surface area contributed by atoms with Gasteiger partial charge in [0.2, 0.25) is 0 Å². The molecule has 4 bridgehead atoms. The van der Waals surface area contributed by atoms with E-state index in [1.165, 1.54) is 19.3 Å². The Morgan fingerprint density at radius 1 is 1.19 bits per heavy atom. The third-order valence-electron chi connectivity index (χ3n) is 5.12. The molecule has 0 saturated heterocycles. The van der Waals surface area contributed by atoms with E-state index in [1.807, 2.05) is 0 Å². The monoisotopic (exact) mass is 325 g/mol. The molecular weight excluding hydrogens is 304 g/mol. The molecule has 0 spiro atoms. The van der Waals surface area contributed by atoms with Crippen LogP contribution in [0.25, 0.3) is 0 Å². The zero-order chi connectivity index (χ0) is 14.5. The Hall–Kier alpha value is -0.600. The third-order valence-corrected chi connectivity index (χ3v) is 5.71. The molecule has 0 aromatic rings. The van der Waals surface area contributed by atoms with E-state index >= 15 is 0 Å². The molecule has 4 rings (SSSR count). The fourth-order valence-corrected chi connectivity index (χ4v) is 5.03. The number of quaternary nitrogens is 1. The summed E-state index contributed by atoms with van der Waals surface area (Å²) in [7, 11) is 0. The van der Waals surface area contributed by atoms with Crippen molar-refractivity contribution in [1.82, 2.24) is 6.15 Å². The first kappa shape index (κ1) is 16.8. The van der Waals surface area contributed by atoms with Crippen molar-refractivity contribution in [2.24, 2.45) is 23.2 Å². The van der Waals surface area contributed by atoms with Crippen LogP contribution >= 0.6 is 0 Å². The van der Waals surface area contributed by atoms with E-state index in [0.29, 0.717) is 17.8 Å². The predicted molar refractivity (Wildman–Crippen MR) is 71.4 cm³/mol. The van der Waals surface area contributed by atoms with Crippen LogP contribution in [-0.2, 0) is 20.6 Å². The van der Waals surface area contributed by atoms with Crippen molar-refractivity contribution in [1.29, 1.82) is 0 Å². The normalized spacial score (nSPS) is 38.7. The van der Waals surface area contributed by atoms with Crippen LogP contribution in [0.1, 0.15) is 38.5 Å². The summed E-state index contributed by atoms with van der Waals surface area (Å²) in [6.45, 7) is -0.0673. The van der Waals surface area contributed by atoms with Crippen LogP contribution in [0.3, 0.4) is 0 Å². The average molecular weight is 325 g/mol. The minimum Gasteiger partial charge on any atom is -0.767 e. The molecule has 21 heavy (non-hydrogen) atoms. The molecule has 4 aliphatic carbocycles. The maximum absolute atomic E-state index is 13.0. The molecule has 0 heterocycles. The Bertz CT molecular complexity index is 422. The molecule has 1 atom stereocenters. The number of esters is 1. The first-order valence-electron chi connectivity index (χ1n) is 6.95. The third kappa shape index (κ3) is 2.98. The molecule has 5 nitrogen and oxygen atoms in total. The standard InChI is InChI=1S/C13H18F2O4S.H3N/c14-13(15,20(17)18)11(16)19-7-12-4-8-1-9(5-12)3-10(2-8)6-12;/h8-10H,1-7H2,(H,17,18);1H3. The van der Waals surface area contributed by atoms with Gasteiger partial charge >= 0.3 is 11.2 Å². The number of ether oxygens (including phenoxy) is 1. The predicted octanol–water partition coefficient (Wildman–Crippen LogP) is 2.59. The highest BCUT2D eigenvalue weighted by molar-refractivity contribution is 7.81. The summed E-state index contributed by atoms with van der Waals surface area (Å²) in [5.41, 5.74) is -0.190. The lowest BCUT2D eigenvalue weighted by Gasteiger charge is -2.56. The Morgan fingerprint density at radius 3 is 2.00 bits per heavy atom. The van der Waals surface area contributed by atoms with Gasteiger partial charge in [0.1, 0.15) is 0 Å². The summed E-state index contributed by atoms with van der Waals surface area (Å²) < 4.78 is 51.4. The SMILES string of the molecule is O=C(OCC12CC3CC(CC(C3)C1)C2)C(F)(F)S(=O)[O-].[NH4+]. The van der Waals surface area contributed by atoms with Gasteiger partial charge in [0.15, 0.2) is 0 Å². The number of rotatable bonds is 4. The number of hydrogen-bond donors (Lipinski definition) is 1. The van der Waals surface area contributed by atoms with Crippen molar-refractivity contribution in [3.05, 3.63) is 0 Å². The second-order valence-corrected chi connectivity index (χ2v) is 7.73. The number of hydrogen-bond acceptors (Lipinski definition) is 4. The van der Waals surface area contributed by atoms with E-state index in [2.05, 4.69) is 4.74 Å². The number of carbonyl (C=O) groups excluding carboxylic acids is 1. The van der Waals surface area contributed by atoms with Crippen molar-refractivity contribution in [3.63, 3.8) is 0 Å². The lowest BCUT2D eigenvalue weighted by Crippen LogP contribution is -2.49.